The quantitative estimate of drug-likeness (QED) is 0.909. The summed E-state index contributed by atoms with van der Waals surface area (Å²) in [5.41, 5.74) is 2.42. The van der Waals surface area contributed by atoms with E-state index in [-0.39, 0.29) is 12.5 Å². The van der Waals surface area contributed by atoms with E-state index in [1.807, 2.05) is 38.1 Å². The molecule has 0 amide bonds. The van der Waals surface area contributed by atoms with Crippen LogP contribution in [-0.2, 0) is 18.3 Å². The Balaban J connectivity index is 2.23. The van der Waals surface area contributed by atoms with Crippen LogP contribution < -0.4 is 4.74 Å². The average molecular weight is 274 g/mol. The van der Waals surface area contributed by atoms with Gasteiger partial charge in [0.05, 0.1) is 23.9 Å². The first-order valence-electron chi connectivity index (χ1n) is 6.47. The van der Waals surface area contributed by atoms with Crippen LogP contribution in [0, 0.1) is 0 Å². The van der Waals surface area contributed by atoms with E-state index in [9.17, 15) is 4.79 Å². The fourth-order valence-electron chi connectivity index (χ4n) is 2.01. The van der Waals surface area contributed by atoms with Gasteiger partial charge in [0.1, 0.15) is 5.75 Å². The predicted octanol–water partition coefficient (Wildman–Crippen LogP) is 2.50. The van der Waals surface area contributed by atoms with Crippen LogP contribution >= 0.6 is 0 Å². The molecule has 1 heterocycles. The maximum absolute atomic E-state index is 10.7. The molecule has 5 heteroatoms. The maximum atomic E-state index is 10.7. The molecule has 1 aromatic heterocycles. The van der Waals surface area contributed by atoms with Crippen LogP contribution in [0.2, 0.25) is 0 Å². The van der Waals surface area contributed by atoms with Gasteiger partial charge < -0.3 is 9.84 Å². The highest BCUT2D eigenvalue weighted by molar-refractivity contribution is 5.70. The van der Waals surface area contributed by atoms with Crippen molar-refractivity contribution in [2.75, 3.05) is 0 Å². The summed E-state index contributed by atoms with van der Waals surface area (Å²) in [6, 6.07) is 9.49. The molecule has 0 aliphatic rings. The fraction of sp³-hybridized carbons (Fsp3) is 0.333. The van der Waals surface area contributed by atoms with Crippen LogP contribution in [0.5, 0.6) is 5.75 Å². The number of aromatic nitrogens is 2. The minimum Gasteiger partial charge on any atom is -0.491 e. The number of rotatable bonds is 5. The van der Waals surface area contributed by atoms with Crippen molar-refractivity contribution >= 4 is 5.97 Å². The number of benzene rings is 1. The maximum Gasteiger partial charge on any atom is 0.309 e. The molecule has 2 rings (SSSR count). The van der Waals surface area contributed by atoms with E-state index in [2.05, 4.69) is 5.10 Å². The smallest absolute Gasteiger partial charge is 0.309 e. The van der Waals surface area contributed by atoms with Gasteiger partial charge in [-0.25, -0.2) is 0 Å². The lowest BCUT2D eigenvalue weighted by molar-refractivity contribution is -0.136. The second-order valence-electron chi connectivity index (χ2n) is 4.91. The number of carboxylic acids is 1. The van der Waals surface area contributed by atoms with Gasteiger partial charge in [0.2, 0.25) is 0 Å². The van der Waals surface area contributed by atoms with Crippen LogP contribution in [0.15, 0.2) is 30.3 Å². The van der Waals surface area contributed by atoms with Gasteiger partial charge in [-0.05, 0) is 44.2 Å². The number of carbonyl (C=O) groups is 1. The Morgan fingerprint density at radius 2 is 2.00 bits per heavy atom. The van der Waals surface area contributed by atoms with Gasteiger partial charge in [0.15, 0.2) is 0 Å². The number of hydrogen-bond acceptors (Lipinski definition) is 3. The van der Waals surface area contributed by atoms with E-state index >= 15 is 0 Å². The highest BCUT2D eigenvalue weighted by atomic mass is 16.5. The molecule has 1 N–H and O–H groups in total. The van der Waals surface area contributed by atoms with Crippen molar-refractivity contribution in [3.05, 3.63) is 36.0 Å². The minimum absolute atomic E-state index is 0.0671. The van der Waals surface area contributed by atoms with Crippen LogP contribution in [0.25, 0.3) is 11.3 Å². The molecule has 106 valence electrons. The summed E-state index contributed by atoms with van der Waals surface area (Å²) in [5.74, 6) is -0.0630. The van der Waals surface area contributed by atoms with Crippen molar-refractivity contribution < 1.29 is 14.6 Å². The molecule has 2 aromatic rings. The van der Waals surface area contributed by atoms with Gasteiger partial charge in [-0.3, -0.25) is 9.48 Å². The molecule has 0 atom stereocenters. The Labute approximate surface area is 117 Å². The summed E-state index contributed by atoms with van der Waals surface area (Å²) in [7, 11) is 1.80. The van der Waals surface area contributed by atoms with Crippen LogP contribution in [0.4, 0.5) is 0 Å². The molecule has 0 bridgehead atoms. The van der Waals surface area contributed by atoms with Gasteiger partial charge in [-0.2, -0.15) is 5.10 Å². The third kappa shape index (κ3) is 3.38. The monoisotopic (exact) mass is 274 g/mol. The molecule has 1 aromatic carbocycles. The van der Waals surface area contributed by atoms with Crippen molar-refractivity contribution in [1.29, 1.82) is 0 Å². The highest BCUT2D eigenvalue weighted by Gasteiger charge is 2.10. The Morgan fingerprint density at radius 3 is 2.55 bits per heavy atom. The highest BCUT2D eigenvalue weighted by Crippen LogP contribution is 2.23. The molecule has 0 aliphatic heterocycles. The molecule has 0 saturated heterocycles. The number of aliphatic carboxylic acids is 1. The minimum atomic E-state index is -0.879. The Morgan fingerprint density at radius 1 is 1.35 bits per heavy atom. The van der Waals surface area contributed by atoms with Gasteiger partial charge in [-0.15, -0.1) is 0 Å². The van der Waals surface area contributed by atoms with Crippen molar-refractivity contribution in [3.8, 4) is 17.0 Å². The zero-order valence-electron chi connectivity index (χ0n) is 11.8. The lowest BCUT2D eigenvalue weighted by Gasteiger charge is -2.10. The molecular weight excluding hydrogens is 256 g/mol. The second kappa shape index (κ2) is 5.77. The van der Waals surface area contributed by atoms with Crippen molar-refractivity contribution in [2.45, 2.75) is 26.4 Å². The van der Waals surface area contributed by atoms with E-state index in [1.165, 1.54) is 0 Å². The van der Waals surface area contributed by atoms with Crippen molar-refractivity contribution in [2.24, 2.45) is 7.05 Å². The summed E-state index contributed by atoms with van der Waals surface area (Å²) in [5, 5.41) is 13.0. The Bertz CT molecular complexity index is 600. The number of carboxylic acid groups (broad SMARTS) is 1. The number of ether oxygens (including phenoxy) is 1. The largest absolute Gasteiger partial charge is 0.491 e. The van der Waals surface area contributed by atoms with Gasteiger partial charge in [-0.1, -0.05) is 0 Å². The topological polar surface area (TPSA) is 64.3 Å². The molecule has 0 saturated carbocycles. The first-order chi connectivity index (χ1) is 9.45. The van der Waals surface area contributed by atoms with Crippen LogP contribution in [-0.4, -0.2) is 27.0 Å². The second-order valence-corrected chi connectivity index (χ2v) is 4.91. The summed E-state index contributed by atoms with van der Waals surface area (Å²) in [6.07, 6.45) is 0.0716. The Hall–Kier alpha value is -2.30. The zero-order valence-corrected chi connectivity index (χ0v) is 11.8. The molecule has 5 nitrogen and oxygen atoms in total. The Kier molecular flexibility index (Phi) is 4.08. The van der Waals surface area contributed by atoms with E-state index in [0.29, 0.717) is 5.69 Å². The van der Waals surface area contributed by atoms with Crippen molar-refractivity contribution in [3.63, 3.8) is 0 Å². The lowest BCUT2D eigenvalue weighted by atomic mass is 10.1. The van der Waals surface area contributed by atoms with E-state index < -0.39 is 5.97 Å². The molecule has 0 aliphatic carbocycles. The summed E-state index contributed by atoms with van der Waals surface area (Å²) in [6.45, 7) is 3.96. The predicted molar refractivity (Wildman–Crippen MR) is 75.7 cm³/mol. The first kappa shape index (κ1) is 14.1. The fourth-order valence-corrected chi connectivity index (χ4v) is 2.01. The summed E-state index contributed by atoms with van der Waals surface area (Å²) in [4.78, 5) is 10.7. The number of nitrogens with zero attached hydrogens (tertiary/aromatic N) is 2. The SMILES string of the molecule is CC(C)Oc1ccc(-c2cc(CC(=O)O)nn2C)cc1. The molecule has 20 heavy (non-hydrogen) atoms. The number of hydrogen-bond donors (Lipinski definition) is 1. The standard InChI is InChI=1S/C15H18N2O3/c1-10(2)20-13-6-4-11(5-7-13)14-8-12(9-15(18)19)16-17(14)3/h4-8,10H,9H2,1-3H3,(H,18,19). The molecule has 0 unspecified atom stereocenters. The summed E-state index contributed by atoms with van der Waals surface area (Å²) >= 11 is 0. The van der Waals surface area contributed by atoms with E-state index in [4.69, 9.17) is 9.84 Å². The molecule has 0 radical (unpaired) electrons. The van der Waals surface area contributed by atoms with Gasteiger partial charge >= 0.3 is 5.97 Å². The molecule has 0 spiro atoms. The van der Waals surface area contributed by atoms with Gasteiger partial charge in [0, 0.05) is 12.6 Å². The van der Waals surface area contributed by atoms with E-state index in [1.54, 1.807) is 17.8 Å². The van der Waals surface area contributed by atoms with Gasteiger partial charge in [0.25, 0.3) is 0 Å². The normalized spacial score (nSPS) is 10.8. The third-order valence-corrected chi connectivity index (χ3v) is 2.78. The zero-order chi connectivity index (χ0) is 14.7. The third-order valence-electron chi connectivity index (χ3n) is 2.78. The average Bonchev–Trinajstić information content (AvgIpc) is 2.69. The molecular formula is C15H18N2O3. The number of aryl methyl sites for hydroxylation is 1. The van der Waals surface area contributed by atoms with Crippen molar-refractivity contribution in [1.82, 2.24) is 9.78 Å². The first-order valence-corrected chi connectivity index (χ1v) is 6.47. The van der Waals surface area contributed by atoms with E-state index in [0.717, 1.165) is 17.0 Å². The molecule has 0 fully saturated rings. The summed E-state index contributed by atoms with van der Waals surface area (Å²) < 4.78 is 7.28. The van der Waals surface area contributed by atoms with Crippen LogP contribution in [0.3, 0.4) is 0 Å². The lowest BCUT2D eigenvalue weighted by Crippen LogP contribution is -2.05. The van der Waals surface area contributed by atoms with Crippen LogP contribution in [0.1, 0.15) is 19.5 Å².